The molecule has 6 heteroatoms. The third-order valence-electron chi connectivity index (χ3n) is 3.59. The van der Waals surface area contributed by atoms with Gasteiger partial charge in [0.1, 0.15) is 12.6 Å². The van der Waals surface area contributed by atoms with Gasteiger partial charge in [0, 0.05) is 6.54 Å². The lowest BCUT2D eigenvalue weighted by molar-refractivity contribution is -0.142. The fourth-order valence-electron chi connectivity index (χ4n) is 2.15. The Balaban J connectivity index is 1.93. The van der Waals surface area contributed by atoms with E-state index in [4.69, 9.17) is 4.74 Å². The molecule has 0 saturated carbocycles. The number of benzene rings is 1. The Bertz CT molecular complexity index is 479. The van der Waals surface area contributed by atoms with Gasteiger partial charge in [0.25, 0.3) is 0 Å². The van der Waals surface area contributed by atoms with Crippen molar-refractivity contribution in [2.75, 3.05) is 20.2 Å². The molecule has 1 aromatic rings. The SMILES string of the molecule is COC(=O)C(C)NCCCCCCNC(=O)OCc1ccccc1. The Labute approximate surface area is 143 Å². The van der Waals surface area contributed by atoms with Gasteiger partial charge in [-0.3, -0.25) is 4.79 Å². The Morgan fingerprint density at radius 2 is 1.71 bits per heavy atom. The third-order valence-corrected chi connectivity index (χ3v) is 3.59. The molecular formula is C18H28N2O4. The first-order valence-electron chi connectivity index (χ1n) is 8.39. The van der Waals surface area contributed by atoms with E-state index in [9.17, 15) is 9.59 Å². The molecule has 0 bridgehead atoms. The van der Waals surface area contributed by atoms with Gasteiger partial charge in [-0.05, 0) is 31.9 Å². The van der Waals surface area contributed by atoms with Gasteiger partial charge in [-0.2, -0.15) is 0 Å². The van der Waals surface area contributed by atoms with Gasteiger partial charge in [0.05, 0.1) is 7.11 Å². The summed E-state index contributed by atoms with van der Waals surface area (Å²) < 4.78 is 9.77. The maximum Gasteiger partial charge on any atom is 0.407 e. The van der Waals surface area contributed by atoms with Crippen LogP contribution in [-0.4, -0.2) is 38.3 Å². The van der Waals surface area contributed by atoms with Crippen LogP contribution in [0, 0.1) is 0 Å². The Morgan fingerprint density at radius 3 is 2.38 bits per heavy atom. The third kappa shape index (κ3) is 9.15. The predicted octanol–water partition coefficient (Wildman–Crippen LogP) is 2.62. The maximum atomic E-state index is 11.5. The van der Waals surface area contributed by atoms with E-state index in [1.54, 1.807) is 6.92 Å². The van der Waals surface area contributed by atoms with Crippen LogP contribution in [0.25, 0.3) is 0 Å². The first-order valence-corrected chi connectivity index (χ1v) is 8.39. The van der Waals surface area contributed by atoms with Crippen LogP contribution in [0.3, 0.4) is 0 Å². The minimum Gasteiger partial charge on any atom is -0.468 e. The molecule has 1 atom stereocenters. The summed E-state index contributed by atoms with van der Waals surface area (Å²) in [5.41, 5.74) is 0.973. The second-order valence-electron chi connectivity index (χ2n) is 5.60. The number of unbranched alkanes of at least 4 members (excludes halogenated alkanes) is 3. The summed E-state index contributed by atoms with van der Waals surface area (Å²) in [6.07, 6.45) is 3.58. The highest BCUT2D eigenvalue weighted by molar-refractivity contribution is 5.75. The number of carbonyl (C=O) groups is 2. The highest BCUT2D eigenvalue weighted by Crippen LogP contribution is 2.01. The van der Waals surface area contributed by atoms with Crippen molar-refractivity contribution in [2.45, 2.75) is 45.3 Å². The normalized spacial score (nSPS) is 11.6. The van der Waals surface area contributed by atoms with Crippen LogP contribution in [-0.2, 0) is 20.9 Å². The van der Waals surface area contributed by atoms with Gasteiger partial charge in [-0.15, -0.1) is 0 Å². The largest absolute Gasteiger partial charge is 0.468 e. The average Bonchev–Trinajstić information content (AvgIpc) is 2.62. The zero-order valence-corrected chi connectivity index (χ0v) is 14.5. The van der Waals surface area contributed by atoms with E-state index in [-0.39, 0.29) is 24.7 Å². The zero-order valence-electron chi connectivity index (χ0n) is 14.5. The number of carbonyl (C=O) groups excluding carboxylic acids is 2. The van der Waals surface area contributed by atoms with Crippen LogP contribution in [0.2, 0.25) is 0 Å². The van der Waals surface area contributed by atoms with Crippen molar-refractivity contribution in [3.63, 3.8) is 0 Å². The molecule has 1 amide bonds. The predicted molar refractivity (Wildman–Crippen MR) is 92.6 cm³/mol. The summed E-state index contributed by atoms with van der Waals surface area (Å²) in [6, 6.07) is 9.32. The fourth-order valence-corrected chi connectivity index (χ4v) is 2.15. The van der Waals surface area contributed by atoms with Crippen LogP contribution in [0.15, 0.2) is 30.3 Å². The van der Waals surface area contributed by atoms with Crippen molar-refractivity contribution in [2.24, 2.45) is 0 Å². The van der Waals surface area contributed by atoms with E-state index >= 15 is 0 Å². The van der Waals surface area contributed by atoms with Crippen LogP contribution in [0.1, 0.15) is 38.2 Å². The Morgan fingerprint density at radius 1 is 1.04 bits per heavy atom. The van der Waals surface area contributed by atoms with Crippen LogP contribution >= 0.6 is 0 Å². The molecule has 1 unspecified atom stereocenters. The molecule has 2 N–H and O–H groups in total. The smallest absolute Gasteiger partial charge is 0.407 e. The van der Waals surface area contributed by atoms with E-state index in [1.165, 1.54) is 7.11 Å². The van der Waals surface area contributed by atoms with E-state index in [1.807, 2.05) is 30.3 Å². The number of hydrogen-bond acceptors (Lipinski definition) is 5. The van der Waals surface area contributed by atoms with Crippen molar-refractivity contribution in [3.8, 4) is 0 Å². The molecule has 0 fully saturated rings. The number of esters is 1. The summed E-state index contributed by atoms with van der Waals surface area (Å²) >= 11 is 0. The minimum atomic E-state index is -0.382. The molecule has 0 spiro atoms. The van der Waals surface area contributed by atoms with Gasteiger partial charge in [0.15, 0.2) is 0 Å². The molecule has 0 aliphatic carbocycles. The number of nitrogens with one attached hydrogen (secondary N) is 2. The van der Waals surface area contributed by atoms with Gasteiger partial charge < -0.3 is 20.1 Å². The maximum absolute atomic E-state index is 11.5. The van der Waals surface area contributed by atoms with E-state index in [2.05, 4.69) is 15.4 Å². The first-order chi connectivity index (χ1) is 11.6. The second kappa shape index (κ2) is 12.4. The van der Waals surface area contributed by atoms with Crippen LogP contribution in [0.5, 0.6) is 0 Å². The molecule has 0 heterocycles. The molecule has 0 saturated heterocycles. The summed E-state index contributed by atoms with van der Waals surface area (Å²) in [4.78, 5) is 22.7. The van der Waals surface area contributed by atoms with E-state index in [0.717, 1.165) is 37.8 Å². The lowest BCUT2D eigenvalue weighted by Gasteiger charge is -2.11. The molecule has 0 aliphatic rings. The van der Waals surface area contributed by atoms with Crippen LogP contribution in [0.4, 0.5) is 4.79 Å². The highest BCUT2D eigenvalue weighted by atomic mass is 16.5. The molecule has 0 aromatic heterocycles. The van der Waals surface area contributed by atoms with E-state index < -0.39 is 0 Å². The number of hydrogen-bond donors (Lipinski definition) is 2. The van der Waals surface area contributed by atoms with Gasteiger partial charge in [-0.1, -0.05) is 43.2 Å². The average molecular weight is 336 g/mol. The summed E-state index contributed by atoms with van der Waals surface area (Å²) in [6.45, 7) is 3.47. The van der Waals surface area contributed by atoms with Crippen molar-refractivity contribution in [1.82, 2.24) is 10.6 Å². The Hall–Kier alpha value is -2.08. The van der Waals surface area contributed by atoms with E-state index in [0.29, 0.717) is 6.54 Å². The number of alkyl carbamates (subject to hydrolysis) is 1. The van der Waals surface area contributed by atoms with Gasteiger partial charge in [0.2, 0.25) is 0 Å². The highest BCUT2D eigenvalue weighted by Gasteiger charge is 2.10. The molecule has 1 aromatic carbocycles. The Kier molecular flexibility index (Phi) is 10.3. The molecule has 0 radical (unpaired) electrons. The number of amides is 1. The molecule has 24 heavy (non-hydrogen) atoms. The lowest BCUT2D eigenvalue weighted by Crippen LogP contribution is -2.35. The summed E-state index contributed by atoms with van der Waals surface area (Å²) in [5.74, 6) is -0.242. The van der Waals surface area contributed by atoms with Crippen molar-refractivity contribution in [3.05, 3.63) is 35.9 Å². The molecule has 1 rings (SSSR count). The molecule has 134 valence electrons. The topological polar surface area (TPSA) is 76.7 Å². The van der Waals surface area contributed by atoms with Crippen molar-refractivity contribution >= 4 is 12.1 Å². The monoisotopic (exact) mass is 336 g/mol. The van der Waals surface area contributed by atoms with Gasteiger partial charge in [-0.25, -0.2) is 4.79 Å². The zero-order chi connectivity index (χ0) is 17.6. The minimum absolute atomic E-state index is 0.242. The second-order valence-corrected chi connectivity index (χ2v) is 5.60. The lowest BCUT2D eigenvalue weighted by atomic mass is 10.2. The van der Waals surface area contributed by atoms with Crippen molar-refractivity contribution in [1.29, 1.82) is 0 Å². The first kappa shape index (κ1) is 20.0. The number of ether oxygens (including phenoxy) is 2. The molecule has 6 nitrogen and oxygen atoms in total. The number of rotatable bonds is 11. The van der Waals surface area contributed by atoms with Crippen molar-refractivity contribution < 1.29 is 19.1 Å². The van der Waals surface area contributed by atoms with Gasteiger partial charge >= 0.3 is 12.1 Å². The quantitative estimate of drug-likeness (QED) is 0.480. The fraction of sp³-hybridized carbons (Fsp3) is 0.556. The standard InChI is InChI=1S/C18H28N2O4/c1-15(17(21)23-2)19-12-8-3-4-9-13-20-18(22)24-14-16-10-6-5-7-11-16/h5-7,10-11,15,19H,3-4,8-9,12-14H2,1-2H3,(H,20,22). The summed E-state index contributed by atoms with van der Waals surface area (Å²) in [7, 11) is 1.39. The van der Waals surface area contributed by atoms with Crippen LogP contribution < -0.4 is 10.6 Å². The number of methoxy groups -OCH3 is 1. The molecular weight excluding hydrogens is 308 g/mol. The summed E-state index contributed by atoms with van der Waals surface area (Å²) in [5, 5.41) is 5.86. The molecule has 0 aliphatic heterocycles.